The normalized spacial score (nSPS) is 12.1. The van der Waals surface area contributed by atoms with E-state index in [0.29, 0.717) is 28.8 Å². The Balaban J connectivity index is 2.30. The van der Waals surface area contributed by atoms with Crippen LogP contribution in [0.25, 0.3) is 10.4 Å². The second-order valence-electron chi connectivity index (χ2n) is 4.72. The fourth-order valence-corrected chi connectivity index (χ4v) is 2.60. The summed E-state index contributed by atoms with van der Waals surface area (Å²) >= 11 is 0.677. The summed E-state index contributed by atoms with van der Waals surface area (Å²) in [5, 5.41) is 2.46. The van der Waals surface area contributed by atoms with Gasteiger partial charge in [-0.2, -0.15) is 13.2 Å². The van der Waals surface area contributed by atoms with Crippen molar-refractivity contribution in [2.24, 2.45) is 0 Å². The zero-order chi connectivity index (χ0) is 14.8. The van der Waals surface area contributed by atoms with Gasteiger partial charge in [-0.15, -0.1) is 11.3 Å². The molecule has 0 bridgehead atoms. The second kappa shape index (κ2) is 5.93. The van der Waals surface area contributed by atoms with Crippen LogP contribution in [0, 0.1) is 0 Å². The summed E-state index contributed by atoms with van der Waals surface area (Å²) in [6, 6.07) is 7.76. The van der Waals surface area contributed by atoms with Crippen LogP contribution in [0.3, 0.4) is 0 Å². The Morgan fingerprint density at radius 3 is 2.55 bits per heavy atom. The predicted octanol–water partition coefficient (Wildman–Crippen LogP) is 4.33. The molecular weight excluding hydrogens is 285 g/mol. The van der Waals surface area contributed by atoms with E-state index in [0.717, 1.165) is 11.1 Å². The molecule has 0 aliphatic heterocycles. The van der Waals surface area contributed by atoms with E-state index in [9.17, 15) is 13.2 Å². The lowest BCUT2D eigenvalue weighted by Crippen LogP contribution is -2.22. The van der Waals surface area contributed by atoms with Gasteiger partial charge in [0.1, 0.15) is 0 Å². The van der Waals surface area contributed by atoms with Gasteiger partial charge in [0.2, 0.25) is 0 Å². The van der Waals surface area contributed by atoms with Gasteiger partial charge in [-0.05, 0) is 11.1 Å². The van der Waals surface area contributed by atoms with E-state index in [1.807, 2.05) is 38.1 Å². The number of thiazole rings is 1. The van der Waals surface area contributed by atoms with Crippen LogP contribution in [0.2, 0.25) is 0 Å². The van der Waals surface area contributed by atoms with E-state index in [1.54, 1.807) is 0 Å². The summed E-state index contributed by atoms with van der Waals surface area (Å²) in [6.07, 6.45) is -3.09. The van der Waals surface area contributed by atoms with Gasteiger partial charge in [0.05, 0.1) is 4.88 Å². The van der Waals surface area contributed by atoms with E-state index in [2.05, 4.69) is 10.3 Å². The molecule has 1 N–H and O–H groups in total. The molecule has 2 rings (SSSR count). The van der Waals surface area contributed by atoms with Gasteiger partial charge in [-0.3, -0.25) is 0 Å². The molecule has 1 heterocycles. The van der Waals surface area contributed by atoms with Gasteiger partial charge in [0.25, 0.3) is 0 Å². The predicted molar refractivity (Wildman–Crippen MR) is 74.5 cm³/mol. The molecule has 0 amide bonds. The molecule has 0 aliphatic rings. The lowest BCUT2D eigenvalue weighted by molar-refractivity contribution is -0.137. The Morgan fingerprint density at radius 1 is 1.25 bits per heavy atom. The van der Waals surface area contributed by atoms with E-state index < -0.39 is 11.2 Å². The molecule has 1 aromatic heterocycles. The third-order valence-electron chi connectivity index (χ3n) is 2.73. The van der Waals surface area contributed by atoms with Crippen molar-refractivity contribution in [2.75, 3.05) is 0 Å². The van der Waals surface area contributed by atoms with Gasteiger partial charge < -0.3 is 5.32 Å². The number of hydrogen-bond acceptors (Lipinski definition) is 3. The highest BCUT2D eigenvalue weighted by molar-refractivity contribution is 7.15. The monoisotopic (exact) mass is 300 g/mol. The standard InChI is InChI=1S/C14H15F3N2S/c1-9(2)18-7-10-5-3-4-6-11(10)12-8-19-13(20-12)14(15,16)17/h3-6,8-9,18H,7H2,1-2H3. The van der Waals surface area contributed by atoms with Crippen LogP contribution >= 0.6 is 11.3 Å². The summed E-state index contributed by atoms with van der Waals surface area (Å²) in [5.41, 5.74) is 1.77. The molecule has 0 saturated heterocycles. The van der Waals surface area contributed by atoms with Gasteiger partial charge in [-0.1, -0.05) is 38.1 Å². The number of nitrogens with zero attached hydrogens (tertiary/aromatic N) is 1. The summed E-state index contributed by atoms with van der Waals surface area (Å²) in [7, 11) is 0. The highest BCUT2D eigenvalue weighted by Gasteiger charge is 2.34. The Morgan fingerprint density at radius 2 is 1.95 bits per heavy atom. The Hall–Kier alpha value is -1.40. The molecule has 0 radical (unpaired) electrons. The molecule has 0 saturated carbocycles. The summed E-state index contributed by atoms with van der Waals surface area (Å²) in [4.78, 5) is 4.01. The first-order valence-corrected chi connectivity index (χ1v) is 7.04. The fraction of sp³-hybridized carbons (Fsp3) is 0.357. The van der Waals surface area contributed by atoms with E-state index in [1.165, 1.54) is 6.20 Å². The highest BCUT2D eigenvalue weighted by atomic mass is 32.1. The van der Waals surface area contributed by atoms with Crippen molar-refractivity contribution in [3.8, 4) is 10.4 Å². The first-order valence-electron chi connectivity index (χ1n) is 6.22. The van der Waals surface area contributed by atoms with Gasteiger partial charge in [0.15, 0.2) is 5.01 Å². The smallest absolute Gasteiger partial charge is 0.310 e. The van der Waals surface area contributed by atoms with E-state index in [-0.39, 0.29) is 0 Å². The van der Waals surface area contributed by atoms with Crippen LogP contribution in [-0.2, 0) is 12.7 Å². The highest BCUT2D eigenvalue weighted by Crippen LogP contribution is 2.37. The molecule has 1 aromatic carbocycles. The van der Waals surface area contributed by atoms with E-state index in [4.69, 9.17) is 0 Å². The number of aromatic nitrogens is 1. The largest absolute Gasteiger partial charge is 0.443 e. The topological polar surface area (TPSA) is 24.9 Å². The third kappa shape index (κ3) is 3.58. The van der Waals surface area contributed by atoms with Gasteiger partial charge in [0, 0.05) is 18.8 Å². The fourth-order valence-electron chi connectivity index (χ4n) is 1.76. The lowest BCUT2D eigenvalue weighted by atomic mass is 10.1. The van der Waals surface area contributed by atoms with Crippen molar-refractivity contribution in [3.05, 3.63) is 41.0 Å². The first-order chi connectivity index (χ1) is 9.38. The molecule has 6 heteroatoms. The molecular formula is C14H15F3N2S. The maximum Gasteiger partial charge on any atom is 0.443 e. The first kappa shape index (κ1) is 15.0. The number of hydrogen-bond donors (Lipinski definition) is 1. The van der Waals surface area contributed by atoms with Crippen molar-refractivity contribution in [1.82, 2.24) is 10.3 Å². The van der Waals surface area contributed by atoms with Crippen molar-refractivity contribution in [1.29, 1.82) is 0 Å². The molecule has 20 heavy (non-hydrogen) atoms. The van der Waals surface area contributed by atoms with Gasteiger partial charge >= 0.3 is 6.18 Å². The third-order valence-corrected chi connectivity index (χ3v) is 3.81. The van der Waals surface area contributed by atoms with E-state index >= 15 is 0 Å². The SMILES string of the molecule is CC(C)NCc1ccccc1-c1cnc(C(F)(F)F)s1. The van der Waals surface area contributed by atoms with Crippen LogP contribution in [-0.4, -0.2) is 11.0 Å². The molecule has 108 valence electrons. The van der Waals surface area contributed by atoms with Crippen LogP contribution in [0.5, 0.6) is 0 Å². The zero-order valence-corrected chi connectivity index (χ0v) is 12.0. The average Bonchev–Trinajstić information content (AvgIpc) is 2.86. The minimum atomic E-state index is -4.38. The van der Waals surface area contributed by atoms with Crippen LogP contribution in [0.15, 0.2) is 30.5 Å². The van der Waals surface area contributed by atoms with Crippen LogP contribution in [0.1, 0.15) is 24.4 Å². The number of benzene rings is 1. The molecule has 2 aromatic rings. The van der Waals surface area contributed by atoms with Gasteiger partial charge in [-0.25, -0.2) is 4.98 Å². The van der Waals surface area contributed by atoms with Crippen LogP contribution < -0.4 is 5.32 Å². The lowest BCUT2D eigenvalue weighted by Gasteiger charge is -2.11. The zero-order valence-electron chi connectivity index (χ0n) is 11.2. The summed E-state index contributed by atoms with van der Waals surface area (Å²) in [5.74, 6) is 0. The quantitative estimate of drug-likeness (QED) is 0.909. The molecule has 0 aliphatic carbocycles. The Kier molecular flexibility index (Phi) is 4.45. The number of nitrogens with one attached hydrogen (secondary N) is 1. The Labute approximate surface area is 119 Å². The number of alkyl halides is 3. The summed E-state index contributed by atoms with van der Waals surface area (Å²) in [6.45, 7) is 4.67. The van der Waals surface area contributed by atoms with Crippen LogP contribution in [0.4, 0.5) is 13.2 Å². The summed E-state index contributed by atoms with van der Waals surface area (Å²) < 4.78 is 37.8. The van der Waals surface area contributed by atoms with Crippen molar-refractivity contribution in [3.63, 3.8) is 0 Å². The molecule has 0 fully saturated rings. The van der Waals surface area contributed by atoms with Crippen molar-refractivity contribution < 1.29 is 13.2 Å². The Bertz CT molecular complexity index is 576. The molecule has 0 atom stereocenters. The second-order valence-corrected chi connectivity index (χ2v) is 5.75. The minimum Gasteiger partial charge on any atom is -0.310 e. The maximum atomic E-state index is 12.6. The number of halogens is 3. The maximum absolute atomic E-state index is 12.6. The molecule has 0 spiro atoms. The number of rotatable bonds is 4. The molecule has 2 nitrogen and oxygen atoms in total. The average molecular weight is 300 g/mol. The van der Waals surface area contributed by atoms with Crippen molar-refractivity contribution in [2.45, 2.75) is 32.6 Å². The molecule has 0 unspecified atom stereocenters. The minimum absolute atomic E-state index is 0.315. The van der Waals surface area contributed by atoms with Crippen molar-refractivity contribution >= 4 is 11.3 Å².